The van der Waals surface area contributed by atoms with Crippen LogP contribution in [0.3, 0.4) is 0 Å². The quantitative estimate of drug-likeness (QED) is 0.728. The van der Waals surface area contributed by atoms with Crippen LogP contribution in [0, 0.1) is 0 Å². The van der Waals surface area contributed by atoms with Crippen LogP contribution < -0.4 is 0 Å². The highest BCUT2D eigenvalue weighted by Crippen LogP contribution is 2.21. The number of hydrogen-bond acceptors (Lipinski definition) is 3. The number of aryl methyl sites for hydroxylation is 1. The predicted octanol–water partition coefficient (Wildman–Crippen LogP) is 3.18. The van der Waals surface area contributed by atoms with Crippen molar-refractivity contribution in [1.29, 1.82) is 0 Å². The molecule has 3 nitrogen and oxygen atoms in total. The smallest absolute Gasteiger partial charge is 0.168 e. The number of nitrogens with zero attached hydrogens (tertiary/aromatic N) is 2. The van der Waals surface area contributed by atoms with E-state index in [0.29, 0.717) is 0 Å². The maximum absolute atomic E-state index is 5.27. The predicted molar refractivity (Wildman–Crippen MR) is 60.8 cm³/mol. The second kappa shape index (κ2) is 5.07. The lowest BCUT2D eigenvalue weighted by Crippen LogP contribution is -1.97. The van der Waals surface area contributed by atoms with Gasteiger partial charge >= 0.3 is 0 Å². The maximum atomic E-state index is 5.27. The van der Waals surface area contributed by atoms with Gasteiger partial charge in [-0.1, -0.05) is 18.7 Å². The number of thioether (sulfide) groups is 1. The topological polar surface area (TPSA) is 31.0 Å². The lowest BCUT2D eigenvalue weighted by atomic mass is 10.5. The highest BCUT2D eigenvalue weighted by Gasteiger charge is 2.04. The SMILES string of the molecule is CCCn1ccnc1SCc1ccco1. The van der Waals surface area contributed by atoms with Crippen LogP contribution in [0.2, 0.25) is 0 Å². The van der Waals surface area contributed by atoms with Crippen LogP contribution in [0.4, 0.5) is 0 Å². The van der Waals surface area contributed by atoms with Gasteiger partial charge in [0.25, 0.3) is 0 Å². The van der Waals surface area contributed by atoms with Crippen molar-refractivity contribution in [2.45, 2.75) is 30.8 Å². The molecule has 2 rings (SSSR count). The van der Waals surface area contributed by atoms with Crippen molar-refractivity contribution in [1.82, 2.24) is 9.55 Å². The van der Waals surface area contributed by atoms with E-state index >= 15 is 0 Å². The minimum atomic E-state index is 0.841. The first-order chi connectivity index (χ1) is 7.40. The van der Waals surface area contributed by atoms with E-state index in [1.807, 2.05) is 24.5 Å². The van der Waals surface area contributed by atoms with Crippen LogP contribution in [0.5, 0.6) is 0 Å². The summed E-state index contributed by atoms with van der Waals surface area (Å²) in [5, 5.41) is 1.06. The summed E-state index contributed by atoms with van der Waals surface area (Å²) in [5.74, 6) is 1.83. The van der Waals surface area contributed by atoms with E-state index < -0.39 is 0 Å². The molecular weight excluding hydrogens is 208 g/mol. The Balaban J connectivity index is 1.95. The van der Waals surface area contributed by atoms with Crippen molar-refractivity contribution in [2.75, 3.05) is 0 Å². The molecular formula is C11H14N2OS. The van der Waals surface area contributed by atoms with E-state index in [-0.39, 0.29) is 0 Å². The van der Waals surface area contributed by atoms with Gasteiger partial charge in [-0.2, -0.15) is 0 Å². The van der Waals surface area contributed by atoms with Crippen LogP contribution in [-0.4, -0.2) is 9.55 Å². The second-order valence-electron chi connectivity index (χ2n) is 3.27. The highest BCUT2D eigenvalue weighted by molar-refractivity contribution is 7.98. The standard InChI is InChI=1S/C11H14N2OS/c1-2-6-13-7-5-12-11(13)15-9-10-4-3-8-14-10/h3-5,7-8H,2,6,9H2,1H3. The molecule has 2 heterocycles. The van der Waals surface area contributed by atoms with Gasteiger partial charge in [0.15, 0.2) is 5.16 Å². The lowest BCUT2D eigenvalue weighted by Gasteiger charge is -2.04. The minimum Gasteiger partial charge on any atom is -0.468 e. The van der Waals surface area contributed by atoms with E-state index in [1.165, 1.54) is 0 Å². The maximum Gasteiger partial charge on any atom is 0.168 e. The number of hydrogen-bond donors (Lipinski definition) is 0. The van der Waals surface area contributed by atoms with Crippen LogP contribution in [0.25, 0.3) is 0 Å². The first-order valence-electron chi connectivity index (χ1n) is 5.06. The van der Waals surface area contributed by atoms with Gasteiger partial charge in [-0.25, -0.2) is 4.98 Å². The molecule has 0 aliphatic heterocycles. The molecule has 15 heavy (non-hydrogen) atoms. The summed E-state index contributed by atoms with van der Waals surface area (Å²) in [6.07, 6.45) is 6.70. The average Bonchev–Trinajstić information content (AvgIpc) is 2.85. The van der Waals surface area contributed by atoms with E-state index in [0.717, 1.165) is 29.6 Å². The van der Waals surface area contributed by atoms with Gasteiger partial charge < -0.3 is 8.98 Å². The molecule has 0 spiro atoms. The third-order valence-electron chi connectivity index (χ3n) is 2.07. The monoisotopic (exact) mass is 222 g/mol. The van der Waals surface area contributed by atoms with Gasteiger partial charge in [0.2, 0.25) is 0 Å². The van der Waals surface area contributed by atoms with Gasteiger partial charge in [0, 0.05) is 18.9 Å². The van der Waals surface area contributed by atoms with E-state index in [4.69, 9.17) is 4.42 Å². The van der Waals surface area contributed by atoms with Gasteiger partial charge in [-0.3, -0.25) is 0 Å². The van der Waals surface area contributed by atoms with E-state index in [9.17, 15) is 0 Å². The first kappa shape index (κ1) is 10.4. The molecule has 0 saturated carbocycles. The zero-order valence-electron chi connectivity index (χ0n) is 8.72. The summed E-state index contributed by atoms with van der Waals surface area (Å²) >= 11 is 1.71. The molecule has 2 aromatic rings. The molecule has 0 aliphatic carbocycles. The first-order valence-corrected chi connectivity index (χ1v) is 6.05. The van der Waals surface area contributed by atoms with Crippen molar-refractivity contribution < 1.29 is 4.42 Å². The molecule has 0 bridgehead atoms. The number of rotatable bonds is 5. The Morgan fingerprint density at radius 2 is 2.47 bits per heavy atom. The van der Waals surface area contributed by atoms with Gasteiger partial charge in [0.1, 0.15) is 5.76 Å². The van der Waals surface area contributed by atoms with Crippen molar-refractivity contribution in [3.05, 3.63) is 36.5 Å². The van der Waals surface area contributed by atoms with Crippen molar-refractivity contribution in [2.24, 2.45) is 0 Å². The third kappa shape index (κ3) is 2.65. The fourth-order valence-electron chi connectivity index (χ4n) is 1.38. The largest absolute Gasteiger partial charge is 0.468 e. The van der Waals surface area contributed by atoms with Gasteiger partial charge in [-0.05, 0) is 18.6 Å². The number of aromatic nitrogens is 2. The fraction of sp³-hybridized carbons (Fsp3) is 0.364. The molecule has 0 atom stereocenters. The molecule has 2 aromatic heterocycles. The van der Waals surface area contributed by atoms with Gasteiger partial charge in [0.05, 0.1) is 12.0 Å². The van der Waals surface area contributed by atoms with Crippen molar-refractivity contribution in [3.63, 3.8) is 0 Å². The Morgan fingerprint density at radius 3 is 3.20 bits per heavy atom. The van der Waals surface area contributed by atoms with Crippen molar-refractivity contribution >= 4 is 11.8 Å². The highest BCUT2D eigenvalue weighted by atomic mass is 32.2. The molecule has 80 valence electrons. The minimum absolute atomic E-state index is 0.841. The number of imidazole rings is 1. The van der Waals surface area contributed by atoms with Crippen LogP contribution in [0.1, 0.15) is 19.1 Å². The second-order valence-corrected chi connectivity index (χ2v) is 4.21. The average molecular weight is 222 g/mol. The third-order valence-corrected chi connectivity index (χ3v) is 3.09. The fourth-order valence-corrected chi connectivity index (χ4v) is 2.27. The zero-order valence-corrected chi connectivity index (χ0v) is 9.54. The molecule has 0 saturated heterocycles. The Bertz CT molecular complexity index is 394. The van der Waals surface area contributed by atoms with E-state index in [2.05, 4.69) is 16.5 Å². The summed E-state index contributed by atoms with van der Waals surface area (Å²) in [6, 6.07) is 3.90. The van der Waals surface area contributed by atoms with Crippen molar-refractivity contribution in [3.8, 4) is 0 Å². The Labute approximate surface area is 93.5 Å². The lowest BCUT2D eigenvalue weighted by molar-refractivity contribution is 0.529. The molecule has 0 fully saturated rings. The van der Waals surface area contributed by atoms with Crippen LogP contribution in [0.15, 0.2) is 40.4 Å². The molecule has 0 radical (unpaired) electrons. The van der Waals surface area contributed by atoms with Crippen LogP contribution >= 0.6 is 11.8 Å². The molecule has 0 aliphatic rings. The molecule has 0 aromatic carbocycles. The normalized spacial score (nSPS) is 10.7. The summed E-state index contributed by atoms with van der Waals surface area (Å²) in [7, 11) is 0. The molecule has 0 amide bonds. The van der Waals surface area contributed by atoms with E-state index in [1.54, 1.807) is 18.0 Å². The van der Waals surface area contributed by atoms with Gasteiger partial charge in [-0.15, -0.1) is 0 Å². The molecule has 0 unspecified atom stereocenters. The molecule has 4 heteroatoms. The summed E-state index contributed by atoms with van der Waals surface area (Å²) in [5.41, 5.74) is 0. The summed E-state index contributed by atoms with van der Waals surface area (Å²) < 4.78 is 7.45. The summed E-state index contributed by atoms with van der Waals surface area (Å²) in [6.45, 7) is 3.20. The Morgan fingerprint density at radius 1 is 1.53 bits per heavy atom. The Hall–Kier alpha value is -1.16. The number of furan rings is 1. The van der Waals surface area contributed by atoms with Crippen LogP contribution in [-0.2, 0) is 12.3 Å². The zero-order chi connectivity index (χ0) is 10.5. The summed E-state index contributed by atoms with van der Waals surface area (Å²) in [4.78, 5) is 4.32. The Kier molecular flexibility index (Phi) is 3.50. The molecule has 0 N–H and O–H groups in total.